The van der Waals surface area contributed by atoms with E-state index in [4.69, 9.17) is 9.94 Å². The number of aliphatic hydroxyl groups excluding tert-OH is 1. The molecule has 3 N–H and O–H groups in total. The van der Waals surface area contributed by atoms with Crippen LogP contribution >= 0.6 is 0 Å². The van der Waals surface area contributed by atoms with Gasteiger partial charge in [-0.15, -0.1) is 0 Å². The quantitative estimate of drug-likeness (QED) is 0.502. The molecular formula is C18H21NO6S. The number of carbonyl (C=O) groups excluding carboxylic acids is 1. The van der Waals surface area contributed by atoms with Crippen molar-refractivity contribution in [2.45, 2.75) is 24.8 Å². The van der Waals surface area contributed by atoms with E-state index in [1.54, 1.807) is 12.1 Å². The van der Waals surface area contributed by atoms with Crippen molar-refractivity contribution in [3.8, 4) is 11.5 Å². The van der Waals surface area contributed by atoms with Crippen molar-refractivity contribution in [3.05, 3.63) is 54.6 Å². The summed E-state index contributed by atoms with van der Waals surface area (Å²) < 4.78 is 30.8. The molecule has 0 saturated carbocycles. The number of sulfone groups is 1. The fraction of sp³-hybridized carbons (Fsp3) is 0.278. The van der Waals surface area contributed by atoms with E-state index in [1.807, 2.05) is 18.2 Å². The number of ether oxygens (including phenoxy) is 1. The first-order chi connectivity index (χ1) is 12.2. The van der Waals surface area contributed by atoms with Gasteiger partial charge in [-0.1, -0.05) is 32.0 Å². The monoisotopic (exact) mass is 379 g/mol. The summed E-state index contributed by atoms with van der Waals surface area (Å²) in [6.45, 7) is 2.86. The van der Waals surface area contributed by atoms with Crippen LogP contribution in [-0.2, 0) is 14.6 Å². The molecule has 26 heavy (non-hydrogen) atoms. The number of para-hydroxylation sites is 1. The molecule has 2 aromatic carbocycles. The molecule has 0 spiro atoms. The van der Waals surface area contributed by atoms with Crippen molar-refractivity contribution in [3.63, 3.8) is 0 Å². The minimum atomic E-state index is -3.77. The van der Waals surface area contributed by atoms with Crippen LogP contribution in [0.15, 0.2) is 59.5 Å². The molecule has 8 heteroatoms. The van der Waals surface area contributed by atoms with Crippen LogP contribution in [0.5, 0.6) is 11.5 Å². The molecule has 0 radical (unpaired) electrons. The van der Waals surface area contributed by atoms with Gasteiger partial charge in [-0.2, -0.15) is 0 Å². The van der Waals surface area contributed by atoms with E-state index in [-0.39, 0.29) is 4.90 Å². The van der Waals surface area contributed by atoms with E-state index in [0.29, 0.717) is 11.5 Å². The van der Waals surface area contributed by atoms with E-state index >= 15 is 0 Å². The van der Waals surface area contributed by atoms with E-state index in [0.717, 1.165) is 0 Å². The smallest absolute Gasteiger partial charge is 0.272 e. The molecule has 0 saturated heterocycles. The Hall–Kier alpha value is -2.42. The molecule has 0 bridgehead atoms. The van der Waals surface area contributed by atoms with E-state index in [1.165, 1.54) is 43.6 Å². The number of hydrogen-bond donors (Lipinski definition) is 3. The zero-order valence-corrected chi connectivity index (χ0v) is 15.2. The van der Waals surface area contributed by atoms with Crippen LogP contribution in [0.2, 0.25) is 0 Å². The Balaban J connectivity index is 2.15. The fourth-order valence-electron chi connectivity index (χ4n) is 2.41. The van der Waals surface area contributed by atoms with Crippen molar-refractivity contribution in [1.82, 2.24) is 5.48 Å². The third kappa shape index (κ3) is 4.81. The summed E-state index contributed by atoms with van der Waals surface area (Å²) in [5, 5.41) is 18.5. The highest BCUT2D eigenvalue weighted by Crippen LogP contribution is 2.28. The molecule has 0 aliphatic heterocycles. The van der Waals surface area contributed by atoms with Crippen LogP contribution in [0, 0.1) is 5.41 Å². The molecule has 2 aromatic rings. The molecule has 140 valence electrons. The summed E-state index contributed by atoms with van der Waals surface area (Å²) in [5.74, 6) is -0.429. The fourth-order valence-corrected chi connectivity index (χ4v) is 4.26. The SMILES string of the molecule is CC(C)(CS(=O)(=O)c1ccc(Oc2ccccc2)cc1)[C@@H](O)C(=O)NO. The van der Waals surface area contributed by atoms with E-state index in [9.17, 15) is 18.3 Å². The molecule has 2 rings (SSSR count). The topological polar surface area (TPSA) is 113 Å². The Morgan fingerprint density at radius 1 is 1.08 bits per heavy atom. The number of nitrogens with one attached hydrogen (secondary N) is 1. The lowest BCUT2D eigenvalue weighted by Crippen LogP contribution is -2.46. The molecule has 1 amide bonds. The number of benzene rings is 2. The number of hydroxylamine groups is 1. The van der Waals surface area contributed by atoms with E-state index < -0.39 is 33.0 Å². The maximum absolute atomic E-state index is 12.6. The lowest BCUT2D eigenvalue weighted by Gasteiger charge is -2.28. The molecule has 0 heterocycles. The highest BCUT2D eigenvalue weighted by molar-refractivity contribution is 7.91. The van der Waals surface area contributed by atoms with Crippen molar-refractivity contribution in [2.75, 3.05) is 5.75 Å². The van der Waals surface area contributed by atoms with Gasteiger partial charge in [0.25, 0.3) is 5.91 Å². The van der Waals surface area contributed by atoms with Gasteiger partial charge in [0, 0.05) is 5.41 Å². The number of carbonyl (C=O) groups is 1. The zero-order chi connectivity index (χ0) is 19.4. The minimum absolute atomic E-state index is 0.0441. The van der Waals surface area contributed by atoms with Crippen LogP contribution in [0.3, 0.4) is 0 Å². The molecule has 0 aromatic heterocycles. The van der Waals surface area contributed by atoms with Gasteiger partial charge in [0.2, 0.25) is 0 Å². The summed E-state index contributed by atoms with van der Waals surface area (Å²) >= 11 is 0. The second-order valence-electron chi connectivity index (χ2n) is 6.51. The summed E-state index contributed by atoms with van der Waals surface area (Å²) in [5.41, 5.74) is 0.0260. The van der Waals surface area contributed by atoms with Crippen LogP contribution in [0.25, 0.3) is 0 Å². The third-order valence-electron chi connectivity index (χ3n) is 3.82. The van der Waals surface area contributed by atoms with Gasteiger partial charge >= 0.3 is 0 Å². The molecule has 0 aliphatic rings. The van der Waals surface area contributed by atoms with Crippen LogP contribution in [-0.4, -0.2) is 36.5 Å². The minimum Gasteiger partial charge on any atom is -0.457 e. The second kappa shape index (κ2) is 7.86. The Labute approximate surface area is 152 Å². The molecule has 0 unspecified atom stereocenters. The molecule has 0 aliphatic carbocycles. The van der Waals surface area contributed by atoms with Gasteiger partial charge in [0.15, 0.2) is 9.84 Å². The Bertz CT molecular complexity index is 847. The second-order valence-corrected chi connectivity index (χ2v) is 8.50. The van der Waals surface area contributed by atoms with Crippen LogP contribution < -0.4 is 10.2 Å². The van der Waals surface area contributed by atoms with Gasteiger partial charge in [0.1, 0.15) is 17.6 Å². The van der Waals surface area contributed by atoms with Crippen LogP contribution in [0.1, 0.15) is 13.8 Å². The Morgan fingerprint density at radius 2 is 1.62 bits per heavy atom. The van der Waals surface area contributed by atoms with Crippen molar-refractivity contribution < 1.29 is 28.3 Å². The summed E-state index contributed by atoms with van der Waals surface area (Å²) in [6, 6.07) is 14.9. The van der Waals surface area contributed by atoms with E-state index in [2.05, 4.69) is 0 Å². The number of hydrogen-bond acceptors (Lipinski definition) is 6. The molecule has 1 atom stereocenters. The van der Waals surface area contributed by atoms with Crippen molar-refractivity contribution >= 4 is 15.7 Å². The molecule has 0 fully saturated rings. The molecular weight excluding hydrogens is 358 g/mol. The van der Waals surface area contributed by atoms with Gasteiger partial charge in [0.05, 0.1) is 10.6 Å². The molecule has 7 nitrogen and oxygen atoms in total. The van der Waals surface area contributed by atoms with Gasteiger partial charge in [-0.05, 0) is 36.4 Å². The lowest BCUT2D eigenvalue weighted by molar-refractivity contribution is -0.143. The van der Waals surface area contributed by atoms with Crippen LogP contribution in [0.4, 0.5) is 0 Å². The first-order valence-electron chi connectivity index (χ1n) is 7.83. The predicted octanol–water partition coefficient (Wildman–Crippen LogP) is 2.15. The average molecular weight is 379 g/mol. The standard InChI is InChI=1S/C18H21NO6S/c1-18(2,16(20)17(21)19-22)12-26(23,24)15-10-8-14(9-11-15)25-13-6-4-3-5-7-13/h3-11,16,20,22H,12H2,1-2H3,(H,19,21)/t16-/m0/s1. The first-order valence-corrected chi connectivity index (χ1v) is 9.49. The maximum Gasteiger partial charge on any atom is 0.272 e. The summed E-state index contributed by atoms with van der Waals surface area (Å²) in [4.78, 5) is 11.4. The summed E-state index contributed by atoms with van der Waals surface area (Å²) in [6.07, 6.45) is -1.68. The first kappa shape index (κ1) is 19.9. The van der Waals surface area contributed by atoms with Gasteiger partial charge < -0.3 is 9.84 Å². The summed E-state index contributed by atoms with van der Waals surface area (Å²) in [7, 11) is -3.77. The number of rotatable bonds is 7. The maximum atomic E-state index is 12.6. The lowest BCUT2D eigenvalue weighted by atomic mass is 9.88. The normalized spacial score (nSPS) is 13.1. The predicted molar refractivity (Wildman–Crippen MR) is 94.7 cm³/mol. The van der Waals surface area contributed by atoms with Crippen molar-refractivity contribution in [2.24, 2.45) is 5.41 Å². The Kier molecular flexibility index (Phi) is 6.01. The van der Waals surface area contributed by atoms with Crippen molar-refractivity contribution in [1.29, 1.82) is 0 Å². The zero-order valence-electron chi connectivity index (χ0n) is 14.4. The third-order valence-corrected chi connectivity index (χ3v) is 5.94. The van der Waals surface area contributed by atoms with Gasteiger partial charge in [-0.25, -0.2) is 13.9 Å². The number of aliphatic hydroxyl groups is 1. The largest absolute Gasteiger partial charge is 0.457 e. The Morgan fingerprint density at radius 3 is 2.15 bits per heavy atom. The van der Waals surface area contributed by atoms with Gasteiger partial charge in [-0.3, -0.25) is 10.0 Å². The highest BCUT2D eigenvalue weighted by Gasteiger charge is 2.38. The number of amides is 1. The highest BCUT2D eigenvalue weighted by atomic mass is 32.2. The average Bonchev–Trinajstić information content (AvgIpc) is 2.61.